The Morgan fingerprint density at radius 1 is 1.19 bits per heavy atom. The van der Waals surface area contributed by atoms with Crippen molar-refractivity contribution >= 4 is 11.0 Å². The molecule has 5 nitrogen and oxygen atoms in total. The van der Waals surface area contributed by atoms with Gasteiger partial charge in [-0.05, 0) is 32.4 Å². The van der Waals surface area contributed by atoms with Gasteiger partial charge in [0.15, 0.2) is 5.75 Å². The molecule has 21 heavy (non-hydrogen) atoms. The lowest BCUT2D eigenvalue weighted by Gasteiger charge is -2.11. The van der Waals surface area contributed by atoms with Gasteiger partial charge >= 0.3 is 0 Å². The molecule has 1 N–H and O–H groups in total. The van der Waals surface area contributed by atoms with E-state index in [4.69, 9.17) is 4.42 Å². The van der Waals surface area contributed by atoms with E-state index in [0.717, 1.165) is 16.7 Å². The van der Waals surface area contributed by atoms with Gasteiger partial charge in [-0.15, -0.1) is 0 Å². The number of rotatable bonds is 1. The first kappa shape index (κ1) is 13.4. The van der Waals surface area contributed by atoms with Crippen molar-refractivity contribution in [1.29, 1.82) is 0 Å². The summed E-state index contributed by atoms with van der Waals surface area (Å²) in [6.07, 6.45) is 0. The monoisotopic (exact) mass is 284 g/mol. The van der Waals surface area contributed by atoms with E-state index in [1.165, 1.54) is 4.68 Å². The minimum atomic E-state index is -0.345. The van der Waals surface area contributed by atoms with Crippen molar-refractivity contribution in [3.05, 3.63) is 45.6 Å². The maximum absolute atomic E-state index is 12.4. The van der Waals surface area contributed by atoms with Crippen LogP contribution in [-0.4, -0.2) is 14.9 Å². The van der Waals surface area contributed by atoms with Crippen molar-refractivity contribution in [2.24, 2.45) is 7.05 Å². The smallest absolute Gasteiger partial charge is 0.278 e. The van der Waals surface area contributed by atoms with Gasteiger partial charge in [-0.1, -0.05) is 12.1 Å². The van der Waals surface area contributed by atoms with Gasteiger partial charge in [-0.3, -0.25) is 4.79 Å². The highest BCUT2D eigenvalue weighted by Crippen LogP contribution is 2.36. The molecular formula is C16H16N2O3. The van der Waals surface area contributed by atoms with E-state index >= 15 is 0 Å². The molecule has 0 spiro atoms. The van der Waals surface area contributed by atoms with Gasteiger partial charge in [0.1, 0.15) is 17.0 Å². The van der Waals surface area contributed by atoms with E-state index < -0.39 is 0 Å². The molecule has 5 heteroatoms. The van der Waals surface area contributed by atoms with E-state index in [-0.39, 0.29) is 16.9 Å². The zero-order chi connectivity index (χ0) is 15.3. The highest BCUT2D eigenvalue weighted by atomic mass is 16.3. The van der Waals surface area contributed by atoms with Crippen LogP contribution in [-0.2, 0) is 7.05 Å². The topological polar surface area (TPSA) is 68.3 Å². The Bertz CT molecular complexity index is 919. The number of hydrogen-bond donors (Lipinski definition) is 1. The second kappa shape index (κ2) is 4.48. The second-order valence-electron chi connectivity index (χ2n) is 5.27. The first-order valence-electron chi connectivity index (χ1n) is 6.67. The van der Waals surface area contributed by atoms with Crippen LogP contribution in [0.2, 0.25) is 0 Å². The molecule has 0 radical (unpaired) electrons. The molecule has 2 aromatic heterocycles. The molecule has 0 aliphatic heterocycles. The Morgan fingerprint density at radius 2 is 1.90 bits per heavy atom. The minimum absolute atomic E-state index is 0.0947. The molecule has 2 heterocycles. The Labute approximate surface area is 121 Å². The van der Waals surface area contributed by atoms with E-state index in [2.05, 4.69) is 5.10 Å². The summed E-state index contributed by atoms with van der Waals surface area (Å²) in [6, 6.07) is 5.77. The lowest BCUT2D eigenvalue weighted by atomic mass is 9.98. The first-order chi connectivity index (χ1) is 9.90. The summed E-state index contributed by atoms with van der Waals surface area (Å²) in [5.74, 6) is 0.668. The summed E-state index contributed by atoms with van der Waals surface area (Å²) in [5.41, 5.74) is 2.42. The fourth-order valence-electron chi connectivity index (χ4n) is 2.63. The van der Waals surface area contributed by atoms with E-state index in [1.54, 1.807) is 14.0 Å². The number of hydrogen-bond acceptors (Lipinski definition) is 4. The van der Waals surface area contributed by atoms with Crippen LogP contribution in [0.4, 0.5) is 0 Å². The third-order valence-electron chi connectivity index (χ3n) is 3.66. The average molecular weight is 284 g/mol. The lowest BCUT2D eigenvalue weighted by Crippen LogP contribution is -2.22. The summed E-state index contributed by atoms with van der Waals surface area (Å²) in [7, 11) is 1.57. The van der Waals surface area contributed by atoms with Crippen molar-refractivity contribution in [3.8, 4) is 16.9 Å². The maximum atomic E-state index is 12.4. The highest BCUT2D eigenvalue weighted by molar-refractivity contribution is 5.96. The number of furan rings is 1. The van der Waals surface area contributed by atoms with E-state index in [0.29, 0.717) is 16.8 Å². The minimum Gasteiger partial charge on any atom is -0.505 e. The Kier molecular flexibility index (Phi) is 2.86. The summed E-state index contributed by atoms with van der Waals surface area (Å²) in [5, 5.41) is 15.2. The van der Waals surface area contributed by atoms with Crippen LogP contribution in [0, 0.1) is 20.8 Å². The summed E-state index contributed by atoms with van der Waals surface area (Å²) >= 11 is 0. The molecule has 0 saturated carbocycles. The highest BCUT2D eigenvalue weighted by Gasteiger charge is 2.21. The molecule has 3 aromatic rings. The van der Waals surface area contributed by atoms with Gasteiger partial charge in [0.2, 0.25) is 0 Å². The number of fused-ring (bicyclic) bond motifs is 1. The molecule has 0 bridgehead atoms. The molecule has 0 saturated heterocycles. The molecule has 0 unspecified atom stereocenters. The van der Waals surface area contributed by atoms with E-state index in [1.807, 2.05) is 32.0 Å². The predicted octanol–water partition coefficient (Wildman–Crippen LogP) is 2.82. The maximum Gasteiger partial charge on any atom is 0.278 e. The molecule has 0 aliphatic rings. The SMILES string of the molecule is Cc1cc2ccc(C)c(-c3c(O)c(C)nn(C)c3=O)c2o1. The molecule has 0 amide bonds. The van der Waals surface area contributed by atoms with Crippen LogP contribution < -0.4 is 5.56 Å². The molecule has 0 fully saturated rings. The quantitative estimate of drug-likeness (QED) is 0.746. The molecule has 0 atom stereocenters. The first-order valence-corrected chi connectivity index (χ1v) is 6.67. The van der Waals surface area contributed by atoms with Crippen molar-refractivity contribution in [3.63, 3.8) is 0 Å². The fourth-order valence-corrected chi connectivity index (χ4v) is 2.63. The molecule has 108 valence electrons. The van der Waals surface area contributed by atoms with Crippen LogP contribution in [0.15, 0.2) is 27.4 Å². The summed E-state index contributed by atoms with van der Waals surface area (Å²) in [4.78, 5) is 12.4. The number of benzene rings is 1. The van der Waals surface area contributed by atoms with Crippen LogP contribution in [0.1, 0.15) is 17.0 Å². The van der Waals surface area contributed by atoms with Gasteiger partial charge in [0.05, 0.1) is 5.56 Å². The third-order valence-corrected chi connectivity index (χ3v) is 3.66. The van der Waals surface area contributed by atoms with Gasteiger partial charge in [-0.25, -0.2) is 4.68 Å². The van der Waals surface area contributed by atoms with Crippen molar-refractivity contribution in [1.82, 2.24) is 9.78 Å². The number of aromatic nitrogens is 2. The van der Waals surface area contributed by atoms with Crippen LogP contribution in [0.3, 0.4) is 0 Å². The standard InChI is InChI=1S/C16H16N2O3/c1-8-5-6-11-7-9(2)21-15(11)12(8)13-14(19)10(3)17-18(4)16(13)20/h5-7,19H,1-4H3. The Morgan fingerprint density at radius 3 is 2.62 bits per heavy atom. The Balaban J connectivity index is 2.52. The zero-order valence-corrected chi connectivity index (χ0v) is 12.4. The van der Waals surface area contributed by atoms with Gasteiger partial charge in [0.25, 0.3) is 5.56 Å². The predicted molar refractivity (Wildman–Crippen MR) is 80.6 cm³/mol. The average Bonchev–Trinajstić information content (AvgIpc) is 2.80. The van der Waals surface area contributed by atoms with Crippen molar-refractivity contribution < 1.29 is 9.52 Å². The summed E-state index contributed by atoms with van der Waals surface area (Å²) in [6.45, 7) is 5.41. The van der Waals surface area contributed by atoms with Crippen LogP contribution >= 0.6 is 0 Å². The second-order valence-corrected chi connectivity index (χ2v) is 5.27. The molecule has 0 aliphatic carbocycles. The number of aryl methyl sites for hydroxylation is 4. The summed E-state index contributed by atoms with van der Waals surface area (Å²) < 4.78 is 6.98. The van der Waals surface area contributed by atoms with Gasteiger partial charge in [0, 0.05) is 18.0 Å². The molecular weight excluding hydrogens is 268 g/mol. The van der Waals surface area contributed by atoms with Crippen molar-refractivity contribution in [2.45, 2.75) is 20.8 Å². The zero-order valence-electron chi connectivity index (χ0n) is 12.4. The van der Waals surface area contributed by atoms with Crippen LogP contribution in [0.25, 0.3) is 22.1 Å². The van der Waals surface area contributed by atoms with Gasteiger partial charge < -0.3 is 9.52 Å². The molecule has 1 aromatic carbocycles. The lowest BCUT2D eigenvalue weighted by molar-refractivity contribution is 0.460. The largest absolute Gasteiger partial charge is 0.505 e. The fraction of sp³-hybridized carbons (Fsp3) is 0.250. The van der Waals surface area contributed by atoms with Crippen molar-refractivity contribution in [2.75, 3.05) is 0 Å². The normalized spacial score (nSPS) is 11.2. The van der Waals surface area contributed by atoms with Gasteiger partial charge in [-0.2, -0.15) is 5.10 Å². The molecule has 3 rings (SSSR count). The van der Waals surface area contributed by atoms with Crippen LogP contribution in [0.5, 0.6) is 5.75 Å². The third kappa shape index (κ3) is 1.93. The number of aromatic hydroxyl groups is 1. The number of nitrogens with zero attached hydrogens (tertiary/aromatic N) is 2. The van der Waals surface area contributed by atoms with E-state index in [9.17, 15) is 9.90 Å². The Hall–Kier alpha value is -2.56.